The molecule has 0 bridgehead atoms. The Kier molecular flexibility index (Phi) is 7.64. The predicted molar refractivity (Wildman–Crippen MR) is 140 cm³/mol. The number of esters is 2. The number of nitrogens with zero attached hydrogens (tertiary/aromatic N) is 2. The van der Waals surface area contributed by atoms with Gasteiger partial charge in [0.25, 0.3) is 0 Å². The van der Waals surface area contributed by atoms with Crippen molar-refractivity contribution in [1.82, 2.24) is 4.98 Å². The molecule has 0 N–H and O–H groups in total. The van der Waals surface area contributed by atoms with E-state index >= 15 is 0 Å². The third-order valence-electron chi connectivity index (χ3n) is 6.19. The molecule has 1 aliphatic heterocycles. The number of ether oxygens (including phenoxy) is 3. The van der Waals surface area contributed by atoms with E-state index in [-0.39, 0.29) is 6.61 Å². The lowest BCUT2D eigenvalue weighted by Crippen LogP contribution is -2.36. The fraction of sp³-hybridized carbons (Fsp3) is 0.286. The van der Waals surface area contributed by atoms with Crippen molar-refractivity contribution in [2.45, 2.75) is 26.7 Å². The SMILES string of the molecule is CCOC(=O)C1=C(C)N=C(C)C(C(=O)OC)C1c1ccccc1-c1nc(-c2ccc(OC)cc2)cs1. The van der Waals surface area contributed by atoms with Gasteiger partial charge in [-0.3, -0.25) is 9.79 Å². The summed E-state index contributed by atoms with van der Waals surface area (Å²) in [7, 11) is 2.97. The number of rotatable bonds is 7. The van der Waals surface area contributed by atoms with Crippen LogP contribution in [0.15, 0.2) is 70.2 Å². The average molecular weight is 505 g/mol. The molecule has 1 aliphatic rings. The first-order chi connectivity index (χ1) is 17.4. The minimum absolute atomic E-state index is 0.216. The molecule has 0 aliphatic carbocycles. The van der Waals surface area contributed by atoms with Gasteiger partial charge in [0.05, 0.1) is 32.1 Å². The molecule has 0 radical (unpaired) electrons. The number of benzene rings is 2. The molecule has 0 saturated heterocycles. The number of thiazole rings is 1. The quantitative estimate of drug-likeness (QED) is 0.385. The topological polar surface area (TPSA) is 87.1 Å². The van der Waals surface area contributed by atoms with Crippen LogP contribution in [-0.2, 0) is 19.1 Å². The van der Waals surface area contributed by atoms with Crippen LogP contribution in [0.1, 0.15) is 32.3 Å². The molecule has 2 heterocycles. The summed E-state index contributed by atoms with van der Waals surface area (Å²) < 4.78 is 15.8. The lowest BCUT2D eigenvalue weighted by molar-refractivity contribution is -0.144. The maximum absolute atomic E-state index is 13.1. The van der Waals surface area contributed by atoms with E-state index in [1.165, 1.54) is 18.4 Å². The summed E-state index contributed by atoms with van der Waals surface area (Å²) in [6.07, 6.45) is 0. The van der Waals surface area contributed by atoms with E-state index in [2.05, 4.69) is 4.99 Å². The van der Waals surface area contributed by atoms with Crippen LogP contribution in [0.5, 0.6) is 5.75 Å². The molecule has 3 aromatic rings. The Labute approximate surface area is 214 Å². The Morgan fingerprint density at radius 1 is 1.03 bits per heavy atom. The Hall–Kier alpha value is -3.78. The van der Waals surface area contributed by atoms with E-state index in [4.69, 9.17) is 19.2 Å². The first-order valence-electron chi connectivity index (χ1n) is 11.6. The molecule has 2 aromatic carbocycles. The summed E-state index contributed by atoms with van der Waals surface area (Å²) in [6, 6.07) is 15.4. The second-order valence-corrected chi connectivity index (χ2v) is 9.16. The Bertz CT molecular complexity index is 1340. The molecule has 2 unspecified atom stereocenters. The van der Waals surface area contributed by atoms with Gasteiger partial charge in [0.2, 0.25) is 0 Å². The zero-order valence-corrected chi connectivity index (χ0v) is 21.7. The van der Waals surface area contributed by atoms with Crippen molar-refractivity contribution < 1.29 is 23.8 Å². The minimum atomic E-state index is -0.764. The fourth-order valence-corrected chi connectivity index (χ4v) is 5.41. The first kappa shape index (κ1) is 25.3. The van der Waals surface area contributed by atoms with E-state index in [1.54, 1.807) is 27.9 Å². The van der Waals surface area contributed by atoms with Crippen LogP contribution >= 0.6 is 11.3 Å². The molecule has 0 saturated carbocycles. The van der Waals surface area contributed by atoms with Crippen LogP contribution < -0.4 is 4.74 Å². The summed E-state index contributed by atoms with van der Waals surface area (Å²) in [4.78, 5) is 35.5. The van der Waals surface area contributed by atoms with Crippen molar-refractivity contribution in [2.75, 3.05) is 20.8 Å². The Morgan fingerprint density at radius 3 is 2.42 bits per heavy atom. The van der Waals surface area contributed by atoms with E-state index in [9.17, 15) is 9.59 Å². The van der Waals surface area contributed by atoms with Gasteiger partial charge in [-0.1, -0.05) is 24.3 Å². The molecule has 186 valence electrons. The van der Waals surface area contributed by atoms with Gasteiger partial charge in [0, 0.05) is 33.8 Å². The van der Waals surface area contributed by atoms with Crippen molar-refractivity contribution in [2.24, 2.45) is 10.9 Å². The number of hydrogen-bond acceptors (Lipinski definition) is 8. The average Bonchev–Trinajstić information content (AvgIpc) is 3.38. The molecule has 0 fully saturated rings. The fourth-order valence-electron chi connectivity index (χ4n) is 4.53. The van der Waals surface area contributed by atoms with Gasteiger partial charge in [-0.05, 0) is 50.6 Å². The highest BCUT2D eigenvalue weighted by Crippen LogP contribution is 2.44. The van der Waals surface area contributed by atoms with Crippen molar-refractivity contribution in [3.63, 3.8) is 0 Å². The van der Waals surface area contributed by atoms with Gasteiger partial charge in [-0.2, -0.15) is 0 Å². The summed E-state index contributed by atoms with van der Waals surface area (Å²) >= 11 is 1.50. The highest BCUT2D eigenvalue weighted by Gasteiger charge is 2.43. The van der Waals surface area contributed by atoms with Gasteiger partial charge in [-0.15, -0.1) is 11.3 Å². The molecule has 7 nitrogen and oxygen atoms in total. The summed E-state index contributed by atoms with van der Waals surface area (Å²) in [5.74, 6) is -1.56. The molecule has 36 heavy (non-hydrogen) atoms. The van der Waals surface area contributed by atoms with Gasteiger partial charge < -0.3 is 14.2 Å². The Balaban J connectivity index is 1.84. The van der Waals surface area contributed by atoms with E-state index in [0.29, 0.717) is 17.0 Å². The standard InChI is InChI=1S/C28H28N2O5S/c1-6-35-28(32)24-17(3)29-16(2)23(27(31)34-5)25(24)20-9-7-8-10-21(20)26-30-22(15-36-26)18-11-13-19(33-4)14-12-18/h7-15,23,25H,6H2,1-5H3. The lowest BCUT2D eigenvalue weighted by atomic mass is 9.74. The zero-order chi connectivity index (χ0) is 25.8. The highest BCUT2D eigenvalue weighted by atomic mass is 32.1. The third-order valence-corrected chi connectivity index (χ3v) is 7.07. The molecule has 8 heteroatoms. The number of aliphatic imine (C=N–C) groups is 1. The van der Waals surface area contributed by atoms with Crippen LogP contribution in [0.4, 0.5) is 0 Å². The van der Waals surface area contributed by atoms with Crippen molar-refractivity contribution in [3.8, 4) is 27.6 Å². The molecule has 0 amide bonds. The largest absolute Gasteiger partial charge is 0.497 e. The molecule has 1 aromatic heterocycles. The molecule has 2 atom stereocenters. The maximum Gasteiger partial charge on any atom is 0.336 e. The van der Waals surface area contributed by atoms with Crippen LogP contribution in [0, 0.1) is 5.92 Å². The third kappa shape index (κ3) is 4.81. The number of carbonyl (C=O) groups excluding carboxylic acids is 2. The van der Waals surface area contributed by atoms with Crippen LogP contribution in [-0.4, -0.2) is 43.5 Å². The van der Waals surface area contributed by atoms with Gasteiger partial charge in [0.1, 0.15) is 16.7 Å². The van der Waals surface area contributed by atoms with Crippen LogP contribution in [0.2, 0.25) is 0 Å². The number of aromatic nitrogens is 1. The van der Waals surface area contributed by atoms with E-state index < -0.39 is 23.8 Å². The van der Waals surface area contributed by atoms with Crippen molar-refractivity contribution >= 4 is 29.0 Å². The Morgan fingerprint density at radius 2 is 1.75 bits per heavy atom. The second-order valence-electron chi connectivity index (χ2n) is 8.30. The predicted octanol–water partition coefficient (Wildman–Crippen LogP) is 5.67. The first-order valence-corrected chi connectivity index (χ1v) is 12.5. The molecule has 0 spiro atoms. The van der Waals surface area contributed by atoms with E-state index in [1.807, 2.05) is 53.9 Å². The second kappa shape index (κ2) is 10.9. The number of carbonyl (C=O) groups is 2. The monoisotopic (exact) mass is 504 g/mol. The minimum Gasteiger partial charge on any atom is -0.497 e. The number of hydrogen-bond donors (Lipinski definition) is 0. The normalized spacial score (nSPS) is 17.4. The summed E-state index contributed by atoms with van der Waals surface area (Å²) in [6.45, 7) is 5.52. The molecule has 4 rings (SSSR count). The summed E-state index contributed by atoms with van der Waals surface area (Å²) in [5.41, 5.74) is 4.90. The van der Waals surface area contributed by atoms with Gasteiger partial charge >= 0.3 is 11.9 Å². The maximum atomic E-state index is 13.1. The number of allylic oxidation sites excluding steroid dienone is 1. The molecular formula is C28H28N2O5S. The van der Waals surface area contributed by atoms with Crippen molar-refractivity contribution in [3.05, 3.63) is 70.7 Å². The molecular weight excluding hydrogens is 476 g/mol. The van der Waals surface area contributed by atoms with E-state index in [0.717, 1.165) is 33.1 Å². The van der Waals surface area contributed by atoms with Gasteiger partial charge in [-0.25, -0.2) is 9.78 Å². The van der Waals surface area contributed by atoms with Crippen LogP contribution in [0.25, 0.3) is 21.8 Å². The smallest absolute Gasteiger partial charge is 0.336 e. The lowest BCUT2D eigenvalue weighted by Gasteiger charge is -2.32. The highest BCUT2D eigenvalue weighted by molar-refractivity contribution is 7.13. The van der Waals surface area contributed by atoms with Crippen molar-refractivity contribution in [1.29, 1.82) is 0 Å². The number of methoxy groups -OCH3 is 2. The zero-order valence-electron chi connectivity index (χ0n) is 20.9. The summed E-state index contributed by atoms with van der Waals surface area (Å²) in [5, 5.41) is 2.77. The van der Waals surface area contributed by atoms with Crippen LogP contribution in [0.3, 0.4) is 0 Å². The van der Waals surface area contributed by atoms with Gasteiger partial charge in [0.15, 0.2) is 0 Å².